The summed E-state index contributed by atoms with van der Waals surface area (Å²) in [5.41, 5.74) is 1.98. The maximum atomic E-state index is 14.3. The molecule has 0 saturated carbocycles. The van der Waals surface area contributed by atoms with E-state index in [-0.39, 0.29) is 12.2 Å². The third kappa shape index (κ3) is 5.65. The number of anilines is 1. The predicted octanol–water partition coefficient (Wildman–Crippen LogP) is 4.86. The van der Waals surface area contributed by atoms with Crippen molar-refractivity contribution in [2.75, 3.05) is 44.2 Å². The van der Waals surface area contributed by atoms with E-state index in [1.807, 2.05) is 12.1 Å². The fraction of sp³-hybridized carbons (Fsp3) is 0.414. The van der Waals surface area contributed by atoms with Crippen LogP contribution < -0.4 is 4.90 Å². The predicted molar refractivity (Wildman–Crippen MR) is 138 cm³/mol. The molecule has 0 aromatic heterocycles. The quantitative estimate of drug-likeness (QED) is 0.529. The average Bonchev–Trinajstić information content (AvgIpc) is 2.88. The monoisotopic (exact) mass is 475 g/mol. The minimum absolute atomic E-state index is 0.165. The number of hydrogen-bond acceptors (Lipinski definition) is 4. The van der Waals surface area contributed by atoms with E-state index < -0.39 is 5.97 Å². The number of carboxylic acids is 1. The minimum Gasteiger partial charge on any atom is -0.481 e. The molecule has 5 nitrogen and oxygen atoms in total. The molecule has 3 aromatic rings. The second kappa shape index (κ2) is 10.8. The lowest BCUT2D eigenvalue weighted by Gasteiger charge is -2.47. The molecule has 2 atom stereocenters. The second-order valence-corrected chi connectivity index (χ2v) is 9.94. The van der Waals surface area contributed by atoms with E-state index in [1.165, 1.54) is 22.4 Å². The smallest absolute Gasteiger partial charge is 0.303 e. The number of para-hydroxylation sites is 1. The van der Waals surface area contributed by atoms with Crippen LogP contribution in [0.1, 0.15) is 24.8 Å². The number of halogens is 1. The number of hydrogen-bond donors (Lipinski definition) is 1. The Kier molecular flexibility index (Phi) is 7.30. The highest BCUT2D eigenvalue weighted by molar-refractivity contribution is 5.82. The summed E-state index contributed by atoms with van der Waals surface area (Å²) in [7, 11) is 0. The molecule has 35 heavy (non-hydrogen) atoms. The number of nitrogens with zero attached hydrogens (tertiary/aromatic N) is 3. The highest BCUT2D eigenvalue weighted by atomic mass is 19.1. The van der Waals surface area contributed by atoms with Gasteiger partial charge >= 0.3 is 5.97 Å². The van der Waals surface area contributed by atoms with Crippen LogP contribution in [-0.4, -0.2) is 66.2 Å². The van der Waals surface area contributed by atoms with Gasteiger partial charge < -0.3 is 10.0 Å². The molecule has 5 rings (SSSR count). The summed E-state index contributed by atoms with van der Waals surface area (Å²) < 4.78 is 14.3. The van der Waals surface area contributed by atoms with Crippen LogP contribution in [0.5, 0.6) is 0 Å². The Morgan fingerprint density at radius 2 is 1.66 bits per heavy atom. The molecule has 0 amide bonds. The van der Waals surface area contributed by atoms with E-state index in [0.29, 0.717) is 24.1 Å². The van der Waals surface area contributed by atoms with E-state index in [4.69, 9.17) is 0 Å². The summed E-state index contributed by atoms with van der Waals surface area (Å²) in [6.07, 6.45) is 1.94. The van der Waals surface area contributed by atoms with Crippen molar-refractivity contribution >= 4 is 22.4 Å². The molecule has 6 heteroatoms. The van der Waals surface area contributed by atoms with Crippen LogP contribution in [0.3, 0.4) is 0 Å². The van der Waals surface area contributed by atoms with Crippen molar-refractivity contribution in [2.24, 2.45) is 5.92 Å². The van der Waals surface area contributed by atoms with E-state index >= 15 is 0 Å². The normalized spacial score (nSPS) is 21.9. The number of aliphatic carboxylic acids is 1. The van der Waals surface area contributed by atoms with Gasteiger partial charge in [-0.1, -0.05) is 48.5 Å². The fourth-order valence-corrected chi connectivity index (χ4v) is 5.91. The van der Waals surface area contributed by atoms with Crippen molar-refractivity contribution in [1.82, 2.24) is 9.80 Å². The van der Waals surface area contributed by atoms with Crippen molar-refractivity contribution in [2.45, 2.75) is 31.8 Å². The first-order valence-corrected chi connectivity index (χ1v) is 12.7. The van der Waals surface area contributed by atoms with E-state index in [2.05, 4.69) is 57.2 Å². The standard InChI is InChI=1S/C29H34FN3O2/c30-26-7-3-4-8-28(26)33-17-15-32(16-18-33)27-13-14-31(21-25(27)11-12-29(34)35)20-22-9-10-23-5-1-2-6-24(23)19-22/h1-10,19,25,27H,11-18,20-21H2,(H,34,35)/t25-,27+/m0/s1. The second-order valence-electron chi connectivity index (χ2n) is 9.94. The van der Waals surface area contributed by atoms with Crippen LogP contribution >= 0.6 is 0 Å². The maximum Gasteiger partial charge on any atom is 0.303 e. The number of fused-ring (bicyclic) bond motifs is 1. The Balaban J connectivity index is 1.23. The zero-order valence-electron chi connectivity index (χ0n) is 20.2. The summed E-state index contributed by atoms with van der Waals surface area (Å²) in [5.74, 6) is -0.567. The van der Waals surface area contributed by atoms with Gasteiger partial charge in [0, 0.05) is 51.7 Å². The summed E-state index contributed by atoms with van der Waals surface area (Å²) in [6.45, 7) is 6.17. The third-order valence-electron chi connectivity index (χ3n) is 7.70. The van der Waals surface area contributed by atoms with Crippen LogP contribution in [0.15, 0.2) is 66.7 Å². The van der Waals surface area contributed by atoms with Gasteiger partial charge in [0.05, 0.1) is 5.69 Å². The lowest BCUT2D eigenvalue weighted by molar-refractivity contribution is -0.137. The van der Waals surface area contributed by atoms with E-state index in [0.717, 1.165) is 52.2 Å². The van der Waals surface area contributed by atoms with Gasteiger partial charge in [-0.15, -0.1) is 0 Å². The lowest BCUT2D eigenvalue weighted by Crippen LogP contribution is -2.56. The first kappa shape index (κ1) is 23.8. The first-order valence-electron chi connectivity index (χ1n) is 12.7. The third-order valence-corrected chi connectivity index (χ3v) is 7.70. The van der Waals surface area contributed by atoms with E-state index in [9.17, 15) is 14.3 Å². The molecule has 1 N–H and O–H groups in total. The number of piperazine rings is 1. The molecule has 0 aliphatic carbocycles. The first-order chi connectivity index (χ1) is 17.1. The molecule has 2 fully saturated rings. The molecule has 2 aliphatic heterocycles. The molecule has 184 valence electrons. The lowest BCUT2D eigenvalue weighted by atomic mass is 9.86. The zero-order chi connectivity index (χ0) is 24.2. The van der Waals surface area contributed by atoms with Crippen LogP contribution in [0.2, 0.25) is 0 Å². The Morgan fingerprint density at radius 3 is 2.43 bits per heavy atom. The number of likely N-dealkylation sites (tertiary alicyclic amines) is 1. The fourth-order valence-electron chi connectivity index (χ4n) is 5.91. The summed E-state index contributed by atoms with van der Waals surface area (Å²) in [4.78, 5) is 18.5. The number of carboxylic acid groups (broad SMARTS) is 1. The van der Waals surface area contributed by atoms with Crippen LogP contribution in [0, 0.1) is 11.7 Å². The molecular weight excluding hydrogens is 441 g/mol. The topological polar surface area (TPSA) is 47.0 Å². The molecule has 2 aliphatic rings. The van der Waals surface area contributed by atoms with Gasteiger partial charge in [0.2, 0.25) is 0 Å². The van der Waals surface area contributed by atoms with Crippen LogP contribution in [0.4, 0.5) is 10.1 Å². The molecular formula is C29H34FN3O2. The minimum atomic E-state index is -0.722. The summed E-state index contributed by atoms with van der Waals surface area (Å²) in [6, 6.07) is 22.5. The Bertz CT molecular complexity index is 1160. The maximum absolute atomic E-state index is 14.3. The van der Waals surface area contributed by atoms with Gasteiger partial charge in [0.1, 0.15) is 5.82 Å². The SMILES string of the molecule is O=C(O)CC[C@H]1CN(Cc2ccc3ccccc3c2)CC[C@H]1N1CCN(c2ccccc2F)CC1. The molecule has 0 bridgehead atoms. The molecule has 0 radical (unpaired) electrons. The van der Waals surface area contributed by atoms with Crippen molar-refractivity contribution in [3.05, 3.63) is 78.1 Å². The van der Waals surface area contributed by atoms with Crippen molar-refractivity contribution in [3.8, 4) is 0 Å². The molecule has 0 spiro atoms. The van der Waals surface area contributed by atoms with Crippen LogP contribution in [0.25, 0.3) is 10.8 Å². The molecule has 0 unspecified atom stereocenters. The van der Waals surface area contributed by atoms with E-state index in [1.54, 1.807) is 6.07 Å². The van der Waals surface area contributed by atoms with Gasteiger partial charge in [-0.05, 0) is 59.8 Å². The van der Waals surface area contributed by atoms with Gasteiger partial charge in [-0.2, -0.15) is 0 Å². The Labute approximate surface area is 206 Å². The highest BCUT2D eigenvalue weighted by Gasteiger charge is 2.35. The number of piperidine rings is 1. The zero-order valence-corrected chi connectivity index (χ0v) is 20.2. The van der Waals surface area contributed by atoms with Crippen molar-refractivity contribution in [1.29, 1.82) is 0 Å². The van der Waals surface area contributed by atoms with Crippen LogP contribution in [-0.2, 0) is 11.3 Å². The Hall–Kier alpha value is -2.96. The molecule has 3 aromatic carbocycles. The number of carbonyl (C=O) groups is 1. The summed E-state index contributed by atoms with van der Waals surface area (Å²) >= 11 is 0. The van der Waals surface area contributed by atoms with Crippen molar-refractivity contribution < 1.29 is 14.3 Å². The molecule has 2 saturated heterocycles. The highest BCUT2D eigenvalue weighted by Crippen LogP contribution is 2.30. The Morgan fingerprint density at radius 1 is 0.914 bits per heavy atom. The van der Waals surface area contributed by atoms with Gasteiger partial charge in [0.15, 0.2) is 0 Å². The summed E-state index contributed by atoms with van der Waals surface area (Å²) in [5, 5.41) is 11.9. The van der Waals surface area contributed by atoms with Crippen molar-refractivity contribution in [3.63, 3.8) is 0 Å². The number of benzene rings is 3. The van der Waals surface area contributed by atoms with Gasteiger partial charge in [0.25, 0.3) is 0 Å². The molecule has 2 heterocycles. The average molecular weight is 476 g/mol. The number of rotatable bonds is 7. The van der Waals surface area contributed by atoms with Gasteiger partial charge in [-0.3, -0.25) is 14.6 Å². The van der Waals surface area contributed by atoms with Gasteiger partial charge in [-0.25, -0.2) is 4.39 Å². The largest absolute Gasteiger partial charge is 0.481 e.